The molecular formula is C16H18N2O. The van der Waals surface area contributed by atoms with Gasteiger partial charge in [0.1, 0.15) is 5.82 Å². The molecular weight excluding hydrogens is 236 g/mol. The van der Waals surface area contributed by atoms with E-state index in [-0.39, 0.29) is 0 Å². The third kappa shape index (κ3) is 2.47. The standard InChI is InChI=1S/C16H18N2O/c1-12(19)14-6-8-17-16(10-14)18-9-7-13-4-2-3-5-15(13)11-18/h2-6,8,10,12,19H,7,9,11H2,1H3/t12-/m0/s1. The van der Waals surface area contributed by atoms with Crippen LogP contribution in [0.15, 0.2) is 42.6 Å². The van der Waals surface area contributed by atoms with E-state index in [0.29, 0.717) is 0 Å². The number of rotatable bonds is 2. The maximum atomic E-state index is 9.66. The average Bonchev–Trinajstić information content (AvgIpc) is 2.47. The minimum atomic E-state index is -0.446. The molecule has 2 aromatic rings. The fraction of sp³-hybridized carbons (Fsp3) is 0.312. The van der Waals surface area contributed by atoms with Gasteiger partial charge in [-0.05, 0) is 42.2 Å². The molecule has 0 saturated carbocycles. The summed E-state index contributed by atoms with van der Waals surface area (Å²) in [5, 5.41) is 9.66. The highest BCUT2D eigenvalue weighted by atomic mass is 16.3. The number of aromatic nitrogens is 1. The van der Waals surface area contributed by atoms with E-state index in [9.17, 15) is 5.11 Å². The maximum absolute atomic E-state index is 9.66. The fourth-order valence-electron chi connectivity index (χ4n) is 2.56. The van der Waals surface area contributed by atoms with Gasteiger partial charge in [-0.25, -0.2) is 4.98 Å². The Morgan fingerprint density at radius 1 is 1.21 bits per heavy atom. The molecule has 98 valence electrons. The number of aliphatic hydroxyl groups excluding tert-OH is 1. The van der Waals surface area contributed by atoms with E-state index in [4.69, 9.17) is 0 Å². The molecule has 1 N–H and O–H groups in total. The van der Waals surface area contributed by atoms with Gasteiger partial charge in [-0.2, -0.15) is 0 Å². The van der Waals surface area contributed by atoms with E-state index < -0.39 is 6.10 Å². The minimum absolute atomic E-state index is 0.446. The molecule has 1 aliphatic rings. The van der Waals surface area contributed by atoms with Crippen LogP contribution in [-0.2, 0) is 13.0 Å². The lowest BCUT2D eigenvalue weighted by molar-refractivity contribution is 0.199. The van der Waals surface area contributed by atoms with Crippen LogP contribution in [0.3, 0.4) is 0 Å². The Labute approximate surface area is 113 Å². The van der Waals surface area contributed by atoms with Crippen molar-refractivity contribution < 1.29 is 5.11 Å². The molecule has 0 saturated heterocycles. The molecule has 3 rings (SSSR count). The van der Waals surface area contributed by atoms with Crippen LogP contribution in [0.1, 0.15) is 29.7 Å². The summed E-state index contributed by atoms with van der Waals surface area (Å²) in [7, 11) is 0. The predicted molar refractivity (Wildman–Crippen MR) is 76.1 cm³/mol. The summed E-state index contributed by atoms with van der Waals surface area (Å²) in [6.45, 7) is 3.66. The first-order valence-corrected chi connectivity index (χ1v) is 6.70. The molecule has 3 heteroatoms. The monoisotopic (exact) mass is 254 g/mol. The molecule has 0 radical (unpaired) electrons. The maximum Gasteiger partial charge on any atom is 0.129 e. The number of benzene rings is 1. The number of pyridine rings is 1. The summed E-state index contributed by atoms with van der Waals surface area (Å²) in [5.41, 5.74) is 3.73. The van der Waals surface area contributed by atoms with Gasteiger partial charge in [-0.1, -0.05) is 24.3 Å². The molecule has 1 aromatic carbocycles. The van der Waals surface area contributed by atoms with Crippen molar-refractivity contribution in [1.82, 2.24) is 4.98 Å². The first-order chi connectivity index (χ1) is 9.24. The lowest BCUT2D eigenvalue weighted by atomic mass is 10.00. The summed E-state index contributed by atoms with van der Waals surface area (Å²) in [5.74, 6) is 0.952. The van der Waals surface area contributed by atoms with E-state index in [1.807, 2.05) is 12.1 Å². The molecule has 1 aliphatic heterocycles. The Morgan fingerprint density at radius 2 is 2.00 bits per heavy atom. The second-order valence-electron chi connectivity index (χ2n) is 5.06. The largest absolute Gasteiger partial charge is 0.389 e. The van der Waals surface area contributed by atoms with Crippen LogP contribution in [0.2, 0.25) is 0 Å². The molecule has 0 fully saturated rings. The van der Waals surface area contributed by atoms with Crippen molar-refractivity contribution in [2.24, 2.45) is 0 Å². The molecule has 0 aliphatic carbocycles. The van der Waals surface area contributed by atoms with Gasteiger partial charge < -0.3 is 10.0 Å². The third-order valence-corrected chi connectivity index (χ3v) is 3.71. The third-order valence-electron chi connectivity index (χ3n) is 3.71. The van der Waals surface area contributed by atoms with Crippen molar-refractivity contribution in [2.45, 2.75) is 26.0 Å². The van der Waals surface area contributed by atoms with Crippen molar-refractivity contribution in [3.63, 3.8) is 0 Å². The number of hydrogen-bond donors (Lipinski definition) is 1. The molecule has 0 unspecified atom stereocenters. The molecule has 0 bridgehead atoms. The minimum Gasteiger partial charge on any atom is -0.389 e. The van der Waals surface area contributed by atoms with Gasteiger partial charge in [0.2, 0.25) is 0 Å². The van der Waals surface area contributed by atoms with Gasteiger partial charge in [0.15, 0.2) is 0 Å². The van der Waals surface area contributed by atoms with Gasteiger partial charge in [0.25, 0.3) is 0 Å². The van der Waals surface area contributed by atoms with Crippen LogP contribution in [0.4, 0.5) is 5.82 Å². The predicted octanol–water partition coefficient (Wildman–Crippen LogP) is 2.70. The number of hydrogen-bond acceptors (Lipinski definition) is 3. The normalized spacial score (nSPS) is 16.0. The Balaban J connectivity index is 1.87. The molecule has 0 spiro atoms. The molecule has 1 aromatic heterocycles. The van der Waals surface area contributed by atoms with Crippen LogP contribution in [0.5, 0.6) is 0 Å². The number of anilines is 1. The summed E-state index contributed by atoms with van der Waals surface area (Å²) in [6.07, 6.45) is 2.38. The average molecular weight is 254 g/mol. The zero-order valence-corrected chi connectivity index (χ0v) is 11.1. The first-order valence-electron chi connectivity index (χ1n) is 6.70. The highest BCUT2D eigenvalue weighted by molar-refractivity contribution is 5.45. The topological polar surface area (TPSA) is 36.4 Å². The van der Waals surface area contributed by atoms with Crippen molar-refractivity contribution in [3.05, 3.63) is 59.3 Å². The van der Waals surface area contributed by atoms with Crippen LogP contribution >= 0.6 is 0 Å². The Kier molecular flexibility index (Phi) is 3.22. The van der Waals surface area contributed by atoms with E-state index in [0.717, 1.165) is 30.9 Å². The Morgan fingerprint density at radius 3 is 2.79 bits per heavy atom. The summed E-state index contributed by atoms with van der Waals surface area (Å²) >= 11 is 0. The van der Waals surface area contributed by atoms with Crippen molar-refractivity contribution in [3.8, 4) is 0 Å². The van der Waals surface area contributed by atoms with Gasteiger partial charge in [-0.3, -0.25) is 0 Å². The van der Waals surface area contributed by atoms with Crippen LogP contribution in [0, 0.1) is 0 Å². The highest BCUT2D eigenvalue weighted by Crippen LogP contribution is 2.24. The second kappa shape index (κ2) is 5.02. The van der Waals surface area contributed by atoms with Crippen molar-refractivity contribution in [1.29, 1.82) is 0 Å². The number of aliphatic hydroxyl groups is 1. The number of nitrogens with zero attached hydrogens (tertiary/aromatic N) is 2. The van der Waals surface area contributed by atoms with Crippen molar-refractivity contribution >= 4 is 5.82 Å². The lowest BCUT2D eigenvalue weighted by Gasteiger charge is -2.30. The Bertz CT molecular complexity index is 580. The Hall–Kier alpha value is -1.87. The first kappa shape index (κ1) is 12.2. The zero-order chi connectivity index (χ0) is 13.2. The van der Waals surface area contributed by atoms with E-state index in [1.54, 1.807) is 13.1 Å². The van der Waals surface area contributed by atoms with Crippen LogP contribution < -0.4 is 4.90 Å². The van der Waals surface area contributed by atoms with Crippen LogP contribution in [-0.4, -0.2) is 16.6 Å². The van der Waals surface area contributed by atoms with E-state index >= 15 is 0 Å². The van der Waals surface area contributed by atoms with Crippen molar-refractivity contribution in [2.75, 3.05) is 11.4 Å². The summed E-state index contributed by atoms with van der Waals surface area (Å²) in [4.78, 5) is 6.71. The summed E-state index contributed by atoms with van der Waals surface area (Å²) < 4.78 is 0. The molecule has 0 amide bonds. The second-order valence-corrected chi connectivity index (χ2v) is 5.06. The van der Waals surface area contributed by atoms with Gasteiger partial charge in [0.05, 0.1) is 6.10 Å². The molecule has 3 nitrogen and oxygen atoms in total. The SMILES string of the molecule is C[C@H](O)c1ccnc(N2CCc3ccccc3C2)c1. The van der Waals surface area contributed by atoms with E-state index in [2.05, 4.69) is 34.1 Å². The lowest BCUT2D eigenvalue weighted by Crippen LogP contribution is -2.31. The summed E-state index contributed by atoms with van der Waals surface area (Å²) in [6, 6.07) is 12.4. The van der Waals surface area contributed by atoms with Gasteiger partial charge >= 0.3 is 0 Å². The zero-order valence-electron chi connectivity index (χ0n) is 11.1. The number of fused-ring (bicyclic) bond motifs is 1. The van der Waals surface area contributed by atoms with Gasteiger partial charge in [-0.15, -0.1) is 0 Å². The van der Waals surface area contributed by atoms with E-state index in [1.165, 1.54) is 11.1 Å². The fourth-order valence-corrected chi connectivity index (χ4v) is 2.56. The smallest absolute Gasteiger partial charge is 0.129 e. The quantitative estimate of drug-likeness (QED) is 0.895. The highest BCUT2D eigenvalue weighted by Gasteiger charge is 2.17. The van der Waals surface area contributed by atoms with Gasteiger partial charge in [0, 0.05) is 19.3 Å². The molecule has 19 heavy (non-hydrogen) atoms. The van der Waals surface area contributed by atoms with Crippen LogP contribution in [0.25, 0.3) is 0 Å². The molecule has 1 atom stereocenters. The molecule has 2 heterocycles.